The maximum atomic E-state index is 8.80. The van der Waals surface area contributed by atoms with E-state index in [1.165, 1.54) is 6.20 Å². The molecular formula is C18H14N6O. The number of nitriles is 2. The van der Waals surface area contributed by atoms with Crippen LogP contribution in [0.4, 0.5) is 5.69 Å². The maximum absolute atomic E-state index is 8.80. The van der Waals surface area contributed by atoms with Gasteiger partial charge in [-0.1, -0.05) is 0 Å². The number of methoxy groups -OCH3 is 1. The number of aryl methyl sites for hydroxylation is 1. The molecule has 1 heterocycles. The molecule has 1 aromatic heterocycles. The van der Waals surface area contributed by atoms with Gasteiger partial charge in [0.15, 0.2) is 0 Å². The largest absolute Gasteiger partial charge is 0.497 e. The summed E-state index contributed by atoms with van der Waals surface area (Å²) in [6.45, 7) is 1.92. The fourth-order valence-corrected chi connectivity index (χ4v) is 2.29. The fraction of sp³-hybridized carbons (Fsp3) is 0.111. The summed E-state index contributed by atoms with van der Waals surface area (Å²) in [5.74, 6) is 0.764. The molecule has 0 saturated heterocycles. The normalized spacial score (nSPS) is 9.92. The number of benzene rings is 2. The Labute approximate surface area is 144 Å². The highest BCUT2D eigenvalue weighted by Gasteiger charge is 2.08. The minimum absolute atomic E-state index is 0.00128. The van der Waals surface area contributed by atoms with Gasteiger partial charge in [-0.15, -0.1) is 10.2 Å². The lowest BCUT2D eigenvalue weighted by molar-refractivity contribution is 0.414. The van der Waals surface area contributed by atoms with E-state index in [0.29, 0.717) is 5.52 Å². The van der Waals surface area contributed by atoms with Crippen molar-refractivity contribution in [1.82, 2.24) is 15.0 Å². The third-order valence-electron chi connectivity index (χ3n) is 3.64. The van der Waals surface area contributed by atoms with Crippen LogP contribution in [0.3, 0.4) is 0 Å². The summed E-state index contributed by atoms with van der Waals surface area (Å²) in [4.78, 5) is 1.55. The third kappa shape index (κ3) is 3.26. The average molecular weight is 330 g/mol. The molecule has 0 unspecified atom stereocenters. The highest BCUT2D eigenvalue weighted by Crippen LogP contribution is 2.23. The molecule has 0 aliphatic rings. The lowest BCUT2D eigenvalue weighted by Crippen LogP contribution is -1.98. The van der Waals surface area contributed by atoms with E-state index in [-0.39, 0.29) is 5.57 Å². The first-order chi connectivity index (χ1) is 12.1. The summed E-state index contributed by atoms with van der Waals surface area (Å²) in [5.41, 5.74) is 3.97. The molecule has 0 atom stereocenters. The number of nitrogens with one attached hydrogen (secondary N) is 1. The van der Waals surface area contributed by atoms with Crippen molar-refractivity contribution in [3.05, 3.63) is 53.7 Å². The predicted octanol–water partition coefficient (Wildman–Crippen LogP) is 3.08. The van der Waals surface area contributed by atoms with Gasteiger partial charge in [-0.3, -0.25) is 0 Å². The zero-order valence-corrected chi connectivity index (χ0v) is 13.7. The van der Waals surface area contributed by atoms with Crippen molar-refractivity contribution in [3.63, 3.8) is 0 Å². The molecule has 122 valence electrons. The van der Waals surface area contributed by atoms with Gasteiger partial charge in [-0.25, -0.2) is 0 Å². The maximum Gasteiger partial charge on any atom is 0.145 e. The zero-order chi connectivity index (χ0) is 17.8. The van der Waals surface area contributed by atoms with Crippen LogP contribution in [0.2, 0.25) is 0 Å². The van der Waals surface area contributed by atoms with E-state index in [1.54, 1.807) is 11.9 Å². The molecule has 7 heteroatoms. The van der Waals surface area contributed by atoms with Crippen molar-refractivity contribution in [3.8, 4) is 23.6 Å². The van der Waals surface area contributed by atoms with E-state index < -0.39 is 0 Å². The Hall–Kier alpha value is -3.84. The van der Waals surface area contributed by atoms with Gasteiger partial charge in [-0.05, 0) is 48.9 Å². The third-order valence-corrected chi connectivity index (χ3v) is 3.64. The summed E-state index contributed by atoms with van der Waals surface area (Å²) in [6.07, 6.45) is 1.38. The number of ether oxygens (including phenoxy) is 1. The van der Waals surface area contributed by atoms with Crippen LogP contribution < -0.4 is 10.1 Å². The van der Waals surface area contributed by atoms with E-state index in [2.05, 4.69) is 15.5 Å². The number of hydrogen-bond donors (Lipinski definition) is 1. The summed E-state index contributed by atoms with van der Waals surface area (Å²) in [6, 6.07) is 14.8. The number of fused-ring (bicyclic) bond motifs is 1. The SMILES string of the molecule is COc1ccc(-n2nc3cc(C)c(NC=C(C#N)C#N)cc3n2)cc1. The minimum Gasteiger partial charge on any atom is -0.497 e. The van der Waals surface area contributed by atoms with E-state index in [4.69, 9.17) is 15.3 Å². The molecule has 0 aliphatic heterocycles. The number of aromatic nitrogens is 3. The quantitative estimate of drug-likeness (QED) is 0.738. The summed E-state index contributed by atoms with van der Waals surface area (Å²) >= 11 is 0. The highest BCUT2D eigenvalue weighted by molar-refractivity contribution is 5.81. The fourth-order valence-electron chi connectivity index (χ4n) is 2.29. The van der Waals surface area contributed by atoms with Gasteiger partial charge < -0.3 is 10.1 Å². The lowest BCUT2D eigenvalue weighted by Gasteiger charge is -2.04. The number of allylic oxidation sites excluding steroid dienone is 1. The van der Waals surface area contributed by atoms with Crippen molar-refractivity contribution in [2.45, 2.75) is 6.92 Å². The van der Waals surface area contributed by atoms with Crippen LogP contribution in [-0.2, 0) is 0 Å². The van der Waals surface area contributed by atoms with Crippen molar-refractivity contribution in [1.29, 1.82) is 10.5 Å². The van der Waals surface area contributed by atoms with Crippen LogP contribution in [0.25, 0.3) is 16.7 Å². The molecule has 0 aliphatic carbocycles. The van der Waals surface area contributed by atoms with Crippen molar-refractivity contribution in [2.24, 2.45) is 0 Å². The molecule has 0 radical (unpaired) electrons. The number of nitrogens with zero attached hydrogens (tertiary/aromatic N) is 5. The van der Waals surface area contributed by atoms with Crippen LogP contribution in [0.5, 0.6) is 5.75 Å². The van der Waals surface area contributed by atoms with Crippen molar-refractivity contribution in [2.75, 3.05) is 12.4 Å². The van der Waals surface area contributed by atoms with Gasteiger partial charge in [-0.2, -0.15) is 15.3 Å². The molecule has 0 saturated carbocycles. The molecule has 0 spiro atoms. The minimum atomic E-state index is 0.00128. The van der Waals surface area contributed by atoms with Gasteiger partial charge in [0.1, 0.15) is 34.5 Å². The average Bonchev–Trinajstić information content (AvgIpc) is 3.05. The second kappa shape index (κ2) is 6.73. The van der Waals surface area contributed by atoms with Crippen molar-refractivity contribution < 1.29 is 4.74 Å². The molecule has 1 N–H and O–H groups in total. The Morgan fingerprint density at radius 2 is 1.76 bits per heavy atom. The van der Waals surface area contributed by atoms with Gasteiger partial charge in [0.05, 0.1) is 12.8 Å². The second-order valence-corrected chi connectivity index (χ2v) is 5.27. The van der Waals surface area contributed by atoms with Crippen LogP contribution in [-0.4, -0.2) is 22.1 Å². The van der Waals surface area contributed by atoms with E-state index in [9.17, 15) is 0 Å². The molecular weight excluding hydrogens is 316 g/mol. The van der Waals surface area contributed by atoms with Gasteiger partial charge in [0.2, 0.25) is 0 Å². The van der Waals surface area contributed by atoms with Crippen LogP contribution >= 0.6 is 0 Å². The van der Waals surface area contributed by atoms with Gasteiger partial charge >= 0.3 is 0 Å². The number of hydrogen-bond acceptors (Lipinski definition) is 6. The van der Waals surface area contributed by atoms with E-state index in [1.807, 2.05) is 55.5 Å². The first-order valence-corrected chi connectivity index (χ1v) is 7.43. The first-order valence-electron chi connectivity index (χ1n) is 7.43. The molecule has 2 aromatic carbocycles. The standard InChI is InChI=1S/C18H14N6O/c1-12-7-17-18(8-16(12)21-11-13(9-19)10-20)23-24(22-17)14-3-5-15(25-2)6-4-14/h3-8,11,21H,1-2H3. The Kier molecular flexibility index (Phi) is 4.32. The molecule has 7 nitrogen and oxygen atoms in total. The van der Waals surface area contributed by atoms with Crippen molar-refractivity contribution >= 4 is 16.7 Å². The van der Waals surface area contributed by atoms with Gasteiger partial charge in [0, 0.05) is 11.9 Å². The topological polar surface area (TPSA) is 99.5 Å². The van der Waals surface area contributed by atoms with E-state index >= 15 is 0 Å². The van der Waals surface area contributed by atoms with Crippen LogP contribution in [0, 0.1) is 29.6 Å². The van der Waals surface area contributed by atoms with E-state index in [0.717, 1.165) is 28.2 Å². The summed E-state index contributed by atoms with van der Waals surface area (Å²) in [7, 11) is 1.62. The highest BCUT2D eigenvalue weighted by atomic mass is 16.5. The number of rotatable bonds is 4. The Morgan fingerprint density at radius 1 is 1.12 bits per heavy atom. The number of anilines is 1. The lowest BCUT2D eigenvalue weighted by atomic mass is 10.1. The van der Waals surface area contributed by atoms with Crippen LogP contribution in [0.1, 0.15) is 5.56 Å². The molecule has 0 amide bonds. The van der Waals surface area contributed by atoms with Gasteiger partial charge in [0.25, 0.3) is 0 Å². The Balaban J connectivity index is 1.96. The summed E-state index contributed by atoms with van der Waals surface area (Å²) < 4.78 is 5.15. The molecule has 0 bridgehead atoms. The predicted molar refractivity (Wildman–Crippen MR) is 93.1 cm³/mol. The second-order valence-electron chi connectivity index (χ2n) is 5.27. The molecule has 3 aromatic rings. The smallest absolute Gasteiger partial charge is 0.145 e. The Bertz CT molecular complexity index is 1020. The Morgan fingerprint density at radius 3 is 2.36 bits per heavy atom. The first kappa shape index (κ1) is 16.0. The van der Waals surface area contributed by atoms with Crippen LogP contribution in [0.15, 0.2) is 48.2 Å². The molecule has 25 heavy (non-hydrogen) atoms. The zero-order valence-electron chi connectivity index (χ0n) is 13.7. The molecule has 0 fully saturated rings. The summed E-state index contributed by atoms with van der Waals surface area (Å²) in [5, 5.41) is 29.5. The monoisotopic (exact) mass is 330 g/mol. The molecule has 3 rings (SSSR count).